The topological polar surface area (TPSA) is 0 Å². The first-order chi connectivity index (χ1) is 3.77. The van der Waals surface area contributed by atoms with Crippen molar-refractivity contribution in [1.82, 2.24) is 0 Å². The number of allylic oxidation sites excluding steroid dienone is 2. The Bertz CT molecular complexity index is 68.9. The summed E-state index contributed by atoms with van der Waals surface area (Å²) in [5, 5.41) is 0. The molecule has 0 saturated heterocycles. The molecule has 0 fully saturated rings. The zero-order valence-electron chi connectivity index (χ0n) is 5.52. The van der Waals surface area contributed by atoms with Gasteiger partial charge in [0.2, 0.25) is 0 Å². The van der Waals surface area contributed by atoms with Gasteiger partial charge in [0, 0.05) is 0 Å². The minimum absolute atomic E-state index is 0.244. The van der Waals surface area contributed by atoms with Crippen molar-refractivity contribution in [3.63, 3.8) is 0 Å². The highest BCUT2D eigenvalue weighted by Crippen LogP contribution is 1.95. The van der Waals surface area contributed by atoms with E-state index in [-0.39, 0.29) is 8.83 Å². The number of hydrogen-bond acceptors (Lipinski definition) is 0. The molecule has 0 aromatic rings. The molecule has 2 heteroatoms. The molecule has 8 heavy (non-hydrogen) atoms. The van der Waals surface area contributed by atoms with Gasteiger partial charge in [0.15, 0.2) is 0 Å². The second kappa shape index (κ2) is 5.38. The Hall–Kier alpha value is 0.247. The third-order valence-electron chi connectivity index (χ3n) is 0.797. The molecule has 0 N–H and O–H groups in total. The zero-order chi connectivity index (χ0) is 6.41. The summed E-state index contributed by atoms with van der Waals surface area (Å²) in [5.41, 5.74) is 0. The van der Waals surface area contributed by atoms with Crippen LogP contribution in [0.5, 0.6) is 0 Å². The highest BCUT2D eigenvalue weighted by molar-refractivity contribution is 6.93. The van der Waals surface area contributed by atoms with Gasteiger partial charge < -0.3 is 0 Å². The Morgan fingerprint density at radius 1 is 1.62 bits per heavy atom. The summed E-state index contributed by atoms with van der Waals surface area (Å²) < 4.78 is 0. The molecular formula is C6H13ClSi. The smallest absolute Gasteiger partial charge is 0.129 e. The van der Waals surface area contributed by atoms with Crippen LogP contribution in [0.3, 0.4) is 0 Å². The van der Waals surface area contributed by atoms with Crippen LogP contribution in [0.2, 0.25) is 6.04 Å². The van der Waals surface area contributed by atoms with E-state index in [1.54, 1.807) is 0 Å². The van der Waals surface area contributed by atoms with Crippen LogP contribution in [0.1, 0.15) is 13.8 Å². The molecule has 0 aromatic carbocycles. The highest BCUT2D eigenvalue weighted by atomic mass is 35.6. The lowest BCUT2D eigenvalue weighted by Gasteiger charge is -1.90. The average molecular weight is 149 g/mol. The van der Waals surface area contributed by atoms with Gasteiger partial charge in [0.25, 0.3) is 0 Å². The van der Waals surface area contributed by atoms with Gasteiger partial charge in [0.05, 0.1) is 0 Å². The van der Waals surface area contributed by atoms with Crippen molar-refractivity contribution in [2.75, 3.05) is 0 Å². The Morgan fingerprint density at radius 2 is 2.25 bits per heavy atom. The van der Waals surface area contributed by atoms with Crippen molar-refractivity contribution in [1.29, 1.82) is 0 Å². The molecule has 0 unspecified atom stereocenters. The van der Waals surface area contributed by atoms with E-state index in [1.165, 1.54) is 0 Å². The lowest BCUT2D eigenvalue weighted by Crippen LogP contribution is -1.77. The molecule has 0 bridgehead atoms. The fourth-order valence-electron chi connectivity index (χ4n) is 0.431. The van der Waals surface area contributed by atoms with Crippen LogP contribution < -0.4 is 0 Å². The first-order valence-electron chi connectivity index (χ1n) is 3.00. The summed E-state index contributed by atoms with van der Waals surface area (Å²) in [7, 11) is -0.244. The Kier molecular flexibility index (Phi) is 5.55. The van der Waals surface area contributed by atoms with E-state index in [2.05, 4.69) is 26.0 Å². The van der Waals surface area contributed by atoms with Gasteiger partial charge >= 0.3 is 0 Å². The third kappa shape index (κ3) is 6.25. The Balaban J connectivity index is 3.07. The first-order valence-corrected chi connectivity index (χ1v) is 6.13. The van der Waals surface area contributed by atoms with Gasteiger partial charge in [-0.2, -0.15) is 11.1 Å². The first kappa shape index (κ1) is 8.25. The maximum atomic E-state index is 5.57. The van der Waals surface area contributed by atoms with E-state index >= 15 is 0 Å². The van der Waals surface area contributed by atoms with Crippen molar-refractivity contribution in [3.8, 4) is 0 Å². The monoisotopic (exact) mass is 148 g/mol. The molecule has 0 rings (SSSR count). The molecule has 0 aliphatic carbocycles. The Labute approximate surface area is 58.5 Å². The van der Waals surface area contributed by atoms with E-state index in [0.717, 1.165) is 6.04 Å². The maximum absolute atomic E-state index is 5.57. The SMILES string of the molecule is CC(C)C=CC[SiH2]Cl. The molecule has 48 valence electrons. The van der Waals surface area contributed by atoms with Crippen LogP contribution >= 0.6 is 11.1 Å². The summed E-state index contributed by atoms with van der Waals surface area (Å²) in [6, 6.07) is 1.14. The van der Waals surface area contributed by atoms with Crippen molar-refractivity contribution in [2.45, 2.75) is 19.9 Å². The lowest BCUT2D eigenvalue weighted by molar-refractivity contribution is 0.830. The van der Waals surface area contributed by atoms with E-state index in [4.69, 9.17) is 11.1 Å². The summed E-state index contributed by atoms with van der Waals surface area (Å²) >= 11 is 5.57. The van der Waals surface area contributed by atoms with Gasteiger partial charge in [-0.05, 0) is 12.0 Å². The van der Waals surface area contributed by atoms with Gasteiger partial charge in [-0.1, -0.05) is 26.0 Å². The number of rotatable bonds is 3. The normalized spacial score (nSPS) is 13.0. The second-order valence-corrected chi connectivity index (χ2v) is 4.24. The predicted molar refractivity (Wildman–Crippen MR) is 43.2 cm³/mol. The van der Waals surface area contributed by atoms with Crippen LogP contribution in [0.4, 0.5) is 0 Å². The summed E-state index contributed by atoms with van der Waals surface area (Å²) in [4.78, 5) is 0. The van der Waals surface area contributed by atoms with E-state index < -0.39 is 0 Å². The molecule has 0 nitrogen and oxygen atoms in total. The van der Waals surface area contributed by atoms with E-state index in [1.807, 2.05) is 0 Å². The maximum Gasteiger partial charge on any atom is 0.129 e. The quantitative estimate of drug-likeness (QED) is 0.326. The predicted octanol–water partition coefficient (Wildman–Crippen LogP) is 1.94. The van der Waals surface area contributed by atoms with Crippen LogP contribution in [-0.2, 0) is 0 Å². The van der Waals surface area contributed by atoms with Gasteiger partial charge in [-0.25, -0.2) is 0 Å². The lowest BCUT2D eigenvalue weighted by atomic mass is 10.2. The fourth-order valence-corrected chi connectivity index (χ4v) is 1.13. The average Bonchev–Trinajstić information content (AvgIpc) is 1.66. The molecule has 0 saturated carbocycles. The van der Waals surface area contributed by atoms with E-state index in [0.29, 0.717) is 5.92 Å². The van der Waals surface area contributed by atoms with Crippen molar-refractivity contribution in [3.05, 3.63) is 12.2 Å². The molecule has 0 atom stereocenters. The molecule has 0 amide bonds. The largest absolute Gasteiger partial charge is 0.176 e. The molecule has 0 aromatic heterocycles. The van der Waals surface area contributed by atoms with Crippen molar-refractivity contribution >= 4 is 19.9 Å². The van der Waals surface area contributed by atoms with Crippen LogP contribution in [-0.4, -0.2) is 8.83 Å². The molecule has 0 aliphatic rings. The zero-order valence-corrected chi connectivity index (χ0v) is 7.69. The summed E-state index contributed by atoms with van der Waals surface area (Å²) in [5.74, 6) is 0.687. The molecular weight excluding hydrogens is 136 g/mol. The van der Waals surface area contributed by atoms with E-state index in [9.17, 15) is 0 Å². The molecule has 0 radical (unpaired) electrons. The molecule has 0 heterocycles. The van der Waals surface area contributed by atoms with Crippen LogP contribution in [0, 0.1) is 5.92 Å². The van der Waals surface area contributed by atoms with Crippen molar-refractivity contribution < 1.29 is 0 Å². The standard InChI is InChI=1S/C6H13ClSi/c1-6(2)4-3-5-8-7/h3-4,6H,5,8H2,1-2H3. The van der Waals surface area contributed by atoms with Gasteiger partial charge in [-0.15, -0.1) is 0 Å². The highest BCUT2D eigenvalue weighted by Gasteiger charge is 1.81. The third-order valence-corrected chi connectivity index (χ3v) is 2.00. The van der Waals surface area contributed by atoms with Gasteiger partial charge in [0.1, 0.15) is 8.83 Å². The molecule has 0 spiro atoms. The Morgan fingerprint density at radius 3 is 2.62 bits per heavy atom. The van der Waals surface area contributed by atoms with Gasteiger partial charge in [-0.3, -0.25) is 0 Å². The molecule has 0 aliphatic heterocycles. The minimum Gasteiger partial charge on any atom is -0.176 e. The number of hydrogen-bond donors (Lipinski definition) is 0. The minimum atomic E-state index is -0.244. The van der Waals surface area contributed by atoms with Crippen molar-refractivity contribution in [2.24, 2.45) is 5.92 Å². The second-order valence-electron chi connectivity index (χ2n) is 2.15. The van der Waals surface area contributed by atoms with Crippen LogP contribution in [0.15, 0.2) is 12.2 Å². The number of halogens is 1. The summed E-state index contributed by atoms with van der Waals surface area (Å²) in [6.45, 7) is 4.35. The summed E-state index contributed by atoms with van der Waals surface area (Å²) in [6.07, 6.45) is 4.39. The fraction of sp³-hybridized carbons (Fsp3) is 0.667. The van der Waals surface area contributed by atoms with Crippen LogP contribution in [0.25, 0.3) is 0 Å².